The molecule has 0 unspecified atom stereocenters. The Bertz CT molecular complexity index is 289. The van der Waals surface area contributed by atoms with Crippen molar-refractivity contribution in [1.82, 2.24) is 0 Å². The normalized spacial score (nSPS) is 11.7. The summed E-state index contributed by atoms with van der Waals surface area (Å²) < 4.78 is 13.6. The third kappa shape index (κ3) is 3.11. The average molecular weight is 196 g/mol. The van der Waals surface area contributed by atoms with E-state index in [0.717, 1.165) is 18.4 Å². The topological polar surface area (TPSA) is 20.2 Å². The molecular weight excluding hydrogens is 179 g/mol. The smallest absolute Gasteiger partial charge is 0.130 e. The first-order valence-corrected chi connectivity index (χ1v) is 4.93. The van der Waals surface area contributed by atoms with Crippen LogP contribution < -0.4 is 0 Å². The van der Waals surface area contributed by atoms with Crippen LogP contribution in [0.5, 0.6) is 0 Å². The Morgan fingerprint density at radius 2 is 2.07 bits per heavy atom. The van der Waals surface area contributed by atoms with Gasteiger partial charge < -0.3 is 5.11 Å². The number of aliphatic hydroxyl groups excluding tert-OH is 1. The van der Waals surface area contributed by atoms with Gasteiger partial charge in [0, 0.05) is 6.61 Å². The van der Waals surface area contributed by atoms with Crippen LogP contribution in [0.15, 0.2) is 24.3 Å². The van der Waals surface area contributed by atoms with Gasteiger partial charge in [0.2, 0.25) is 0 Å². The molecule has 0 aliphatic heterocycles. The lowest BCUT2D eigenvalue weighted by Gasteiger charge is -2.15. The first-order valence-electron chi connectivity index (χ1n) is 4.93. The van der Waals surface area contributed by atoms with Crippen molar-refractivity contribution >= 4 is 0 Å². The summed E-state index contributed by atoms with van der Waals surface area (Å²) in [4.78, 5) is 0. The molecule has 0 aromatic heterocycles. The maximum Gasteiger partial charge on any atom is 0.130 e. The summed E-state index contributed by atoms with van der Waals surface area (Å²) >= 11 is 0. The van der Waals surface area contributed by atoms with Gasteiger partial charge in [-0.2, -0.15) is 0 Å². The number of aliphatic hydroxyl groups is 1. The van der Waals surface area contributed by atoms with Crippen LogP contribution in [-0.4, -0.2) is 11.7 Å². The summed E-state index contributed by atoms with van der Waals surface area (Å²) in [6.07, 6.45) is 1.54. The molecule has 0 bridgehead atoms. The Morgan fingerprint density at radius 1 is 1.36 bits per heavy atom. The molecule has 0 heterocycles. The van der Waals surface area contributed by atoms with E-state index in [1.807, 2.05) is 18.2 Å². The molecule has 0 saturated heterocycles. The SMILES string of the molecule is CC(C)(F)c1cccc(CCCO)c1. The molecule has 0 radical (unpaired) electrons. The highest BCUT2D eigenvalue weighted by molar-refractivity contribution is 5.27. The Labute approximate surface area is 84.6 Å². The van der Waals surface area contributed by atoms with Crippen LogP contribution in [-0.2, 0) is 12.1 Å². The van der Waals surface area contributed by atoms with E-state index >= 15 is 0 Å². The van der Waals surface area contributed by atoms with Gasteiger partial charge in [-0.25, -0.2) is 4.39 Å². The third-order valence-corrected chi connectivity index (χ3v) is 2.24. The van der Waals surface area contributed by atoms with E-state index in [1.54, 1.807) is 19.9 Å². The minimum absolute atomic E-state index is 0.184. The molecule has 1 aromatic rings. The summed E-state index contributed by atoms with van der Waals surface area (Å²) in [5.41, 5.74) is 0.505. The van der Waals surface area contributed by atoms with E-state index in [1.165, 1.54) is 0 Å². The Hall–Kier alpha value is -0.890. The second kappa shape index (κ2) is 4.56. The summed E-state index contributed by atoms with van der Waals surface area (Å²) in [5.74, 6) is 0. The van der Waals surface area contributed by atoms with Gasteiger partial charge in [-0.3, -0.25) is 0 Å². The molecule has 0 aliphatic carbocycles. The zero-order valence-corrected chi connectivity index (χ0v) is 8.76. The molecule has 78 valence electrons. The Morgan fingerprint density at radius 3 is 2.64 bits per heavy atom. The lowest BCUT2D eigenvalue weighted by Crippen LogP contribution is -2.09. The molecular formula is C12H17FO. The molecule has 0 amide bonds. The number of alkyl halides is 1. The predicted octanol–water partition coefficient (Wildman–Crippen LogP) is 2.82. The fourth-order valence-electron chi connectivity index (χ4n) is 1.38. The number of benzene rings is 1. The van der Waals surface area contributed by atoms with Crippen LogP contribution in [0.25, 0.3) is 0 Å². The highest BCUT2D eigenvalue weighted by atomic mass is 19.1. The third-order valence-electron chi connectivity index (χ3n) is 2.24. The standard InChI is InChI=1S/C12H17FO/c1-12(2,13)11-7-3-5-10(9-11)6-4-8-14/h3,5,7,9,14H,4,6,8H2,1-2H3. The number of hydrogen-bond acceptors (Lipinski definition) is 1. The first kappa shape index (κ1) is 11.2. The molecule has 0 saturated carbocycles. The van der Waals surface area contributed by atoms with E-state index in [-0.39, 0.29) is 6.61 Å². The van der Waals surface area contributed by atoms with Crippen molar-refractivity contribution in [1.29, 1.82) is 0 Å². The minimum Gasteiger partial charge on any atom is -0.396 e. The maximum absolute atomic E-state index is 13.6. The predicted molar refractivity (Wildman–Crippen MR) is 56.0 cm³/mol. The van der Waals surface area contributed by atoms with Crippen LogP contribution >= 0.6 is 0 Å². The quantitative estimate of drug-likeness (QED) is 0.785. The van der Waals surface area contributed by atoms with Gasteiger partial charge in [-0.1, -0.05) is 24.3 Å². The molecule has 0 spiro atoms. The van der Waals surface area contributed by atoms with Crippen molar-refractivity contribution in [3.63, 3.8) is 0 Å². The highest BCUT2D eigenvalue weighted by Gasteiger charge is 2.18. The maximum atomic E-state index is 13.6. The second-order valence-electron chi connectivity index (χ2n) is 4.00. The monoisotopic (exact) mass is 196 g/mol. The van der Waals surface area contributed by atoms with Crippen molar-refractivity contribution in [2.24, 2.45) is 0 Å². The molecule has 14 heavy (non-hydrogen) atoms. The van der Waals surface area contributed by atoms with Crippen molar-refractivity contribution in [2.45, 2.75) is 32.4 Å². The van der Waals surface area contributed by atoms with Gasteiger partial charge >= 0.3 is 0 Å². The highest BCUT2D eigenvalue weighted by Crippen LogP contribution is 2.25. The van der Waals surface area contributed by atoms with Gasteiger partial charge in [0.05, 0.1) is 0 Å². The number of hydrogen-bond donors (Lipinski definition) is 1. The van der Waals surface area contributed by atoms with E-state index in [2.05, 4.69) is 0 Å². The number of rotatable bonds is 4. The molecule has 1 nitrogen and oxygen atoms in total. The second-order valence-corrected chi connectivity index (χ2v) is 4.00. The number of aryl methyl sites for hydroxylation is 1. The lowest BCUT2D eigenvalue weighted by atomic mass is 9.97. The molecule has 1 aromatic carbocycles. The van der Waals surface area contributed by atoms with Gasteiger partial charge in [0.15, 0.2) is 0 Å². The fraction of sp³-hybridized carbons (Fsp3) is 0.500. The lowest BCUT2D eigenvalue weighted by molar-refractivity contribution is 0.221. The van der Waals surface area contributed by atoms with Gasteiger partial charge in [-0.05, 0) is 37.8 Å². The largest absolute Gasteiger partial charge is 0.396 e. The van der Waals surface area contributed by atoms with Crippen molar-refractivity contribution in [3.05, 3.63) is 35.4 Å². The van der Waals surface area contributed by atoms with Crippen molar-refractivity contribution < 1.29 is 9.50 Å². The Balaban J connectivity index is 2.79. The Kier molecular flexibility index (Phi) is 3.64. The van der Waals surface area contributed by atoms with E-state index in [0.29, 0.717) is 5.56 Å². The fourth-order valence-corrected chi connectivity index (χ4v) is 1.38. The first-order chi connectivity index (χ1) is 6.54. The van der Waals surface area contributed by atoms with Crippen molar-refractivity contribution in [2.75, 3.05) is 6.61 Å². The van der Waals surface area contributed by atoms with Gasteiger partial charge in [-0.15, -0.1) is 0 Å². The molecule has 0 atom stereocenters. The molecule has 1 N–H and O–H groups in total. The molecule has 0 fully saturated rings. The molecule has 2 heteroatoms. The van der Waals surface area contributed by atoms with Gasteiger partial charge in [0.25, 0.3) is 0 Å². The number of halogens is 1. The minimum atomic E-state index is -1.28. The summed E-state index contributed by atoms with van der Waals surface area (Å²) in [5, 5.41) is 8.68. The van der Waals surface area contributed by atoms with Crippen molar-refractivity contribution in [3.8, 4) is 0 Å². The van der Waals surface area contributed by atoms with Crippen LogP contribution in [0.2, 0.25) is 0 Å². The van der Waals surface area contributed by atoms with Crippen LogP contribution in [0.1, 0.15) is 31.4 Å². The van der Waals surface area contributed by atoms with Gasteiger partial charge in [0.1, 0.15) is 5.67 Å². The van der Waals surface area contributed by atoms with Crippen LogP contribution in [0.3, 0.4) is 0 Å². The molecule has 1 rings (SSSR count). The van der Waals surface area contributed by atoms with Crippen LogP contribution in [0, 0.1) is 0 Å². The summed E-state index contributed by atoms with van der Waals surface area (Å²) in [6, 6.07) is 7.49. The van der Waals surface area contributed by atoms with E-state index in [9.17, 15) is 4.39 Å². The van der Waals surface area contributed by atoms with Crippen LogP contribution in [0.4, 0.5) is 4.39 Å². The zero-order valence-electron chi connectivity index (χ0n) is 8.76. The summed E-state index contributed by atoms with van der Waals surface area (Å²) in [7, 11) is 0. The zero-order chi connectivity index (χ0) is 10.6. The average Bonchev–Trinajstić information content (AvgIpc) is 2.14. The van der Waals surface area contributed by atoms with E-state index < -0.39 is 5.67 Å². The molecule has 0 aliphatic rings. The van der Waals surface area contributed by atoms with E-state index in [4.69, 9.17) is 5.11 Å². The summed E-state index contributed by atoms with van der Waals surface area (Å²) in [6.45, 7) is 3.29.